The highest BCUT2D eigenvalue weighted by Crippen LogP contribution is 2.20. The van der Waals surface area contributed by atoms with Crippen molar-refractivity contribution in [1.29, 1.82) is 0 Å². The lowest BCUT2D eigenvalue weighted by atomic mass is 10.1. The zero-order chi connectivity index (χ0) is 23.4. The van der Waals surface area contributed by atoms with Gasteiger partial charge < -0.3 is 10.1 Å². The number of carbonyl (C=O) groups is 1. The van der Waals surface area contributed by atoms with E-state index in [1.165, 1.54) is 46.5 Å². The van der Waals surface area contributed by atoms with Gasteiger partial charge in [0.05, 0.1) is 4.90 Å². The van der Waals surface area contributed by atoms with E-state index in [1.54, 1.807) is 17.6 Å². The number of aryl methyl sites for hydroxylation is 2. The molecule has 0 saturated carbocycles. The Hall–Kier alpha value is -3.70. The second-order valence-corrected chi connectivity index (χ2v) is 9.84. The third kappa shape index (κ3) is 5.76. The van der Waals surface area contributed by atoms with Crippen molar-refractivity contribution in [1.82, 2.24) is 14.8 Å². The van der Waals surface area contributed by atoms with Crippen molar-refractivity contribution in [3.05, 3.63) is 83.1 Å². The van der Waals surface area contributed by atoms with Gasteiger partial charge in [-0.1, -0.05) is 6.07 Å². The molecule has 2 aromatic carbocycles. The van der Waals surface area contributed by atoms with Gasteiger partial charge in [-0.15, -0.1) is 11.3 Å². The van der Waals surface area contributed by atoms with E-state index in [-0.39, 0.29) is 22.5 Å². The van der Waals surface area contributed by atoms with Crippen LogP contribution in [-0.2, 0) is 16.8 Å². The molecule has 0 spiro atoms. The molecular formula is C22H21N5O4S2. The van der Waals surface area contributed by atoms with Crippen molar-refractivity contribution in [2.24, 2.45) is 0 Å². The van der Waals surface area contributed by atoms with Crippen molar-refractivity contribution in [2.45, 2.75) is 25.5 Å². The minimum atomic E-state index is -3.76. The van der Waals surface area contributed by atoms with E-state index >= 15 is 0 Å². The lowest BCUT2D eigenvalue weighted by molar-refractivity contribution is 0.102. The Morgan fingerprint density at radius 2 is 1.82 bits per heavy atom. The SMILES string of the molecule is Cc1cc(C)cc(OCn2ccc(C(=O)Nc3ccc(S(=O)(=O)Nc4nccs4)cc3)n2)c1. The van der Waals surface area contributed by atoms with E-state index in [4.69, 9.17) is 4.74 Å². The Kier molecular flexibility index (Phi) is 6.43. The fourth-order valence-electron chi connectivity index (χ4n) is 3.07. The summed E-state index contributed by atoms with van der Waals surface area (Å²) in [6.45, 7) is 4.15. The fraction of sp³-hybridized carbons (Fsp3) is 0.136. The van der Waals surface area contributed by atoms with Crippen LogP contribution < -0.4 is 14.8 Å². The lowest BCUT2D eigenvalue weighted by Crippen LogP contribution is -2.15. The molecule has 0 fully saturated rings. The first-order chi connectivity index (χ1) is 15.8. The van der Waals surface area contributed by atoms with Gasteiger partial charge in [0.1, 0.15) is 5.75 Å². The zero-order valence-corrected chi connectivity index (χ0v) is 19.5. The molecule has 0 unspecified atom stereocenters. The van der Waals surface area contributed by atoms with Crippen molar-refractivity contribution in [2.75, 3.05) is 10.0 Å². The van der Waals surface area contributed by atoms with Crippen LogP contribution in [0.15, 0.2) is 71.2 Å². The number of hydrogen-bond donors (Lipinski definition) is 2. The van der Waals surface area contributed by atoms with E-state index in [1.807, 2.05) is 26.0 Å². The first-order valence-electron chi connectivity index (χ1n) is 9.87. The summed E-state index contributed by atoms with van der Waals surface area (Å²) in [5.74, 6) is 0.310. The van der Waals surface area contributed by atoms with Gasteiger partial charge in [0.2, 0.25) is 0 Å². The number of nitrogens with zero attached hydrogens (tertiary/aromatic N) is 3. The Morgan fingerprint density at radius 1 is 1.09 bits per heavy atom. The monoisotopic (exact) mass is 483 g/mol. The Bertz CT molecular complexity index is 1340. The van der Waals surface area contributed by atoms with E-state index in [0.29, 0.717) is 5.69 Å². The van der Waals surface area contributed by atoms with Gasteiger partial charge in [0.15, 0.2) is 17.6 Å². The van der Waals surface area contributed by atoms with E-state index < -0.39 is 15.9 Å². The Morgan fingerprint density at radius 3 is 2.48 bits per heavy atom. The molecule has 11 heteroatoms. The topological polar surface area (TPSA) is 115 Å². The Balaban J connectivity index is 1.36. The van der Waals surface area contributed by atoms with E-state index in [9.17, 15) is 13.2 Å². The number of rotatable bonds is 8. The first kappa shape index (κ1) is 22.5. The second kappa shape index (κ2) is 9.43. The summed E-state index contributed by atoms with van der Waals surface area (Å²) in [4.78, 5) is 16.5. The number of hydrogen-bond acceptors (Lipinski definition) is 7. The normalized spacial score (nSPS) is 11.2. The van der Waals surface area contributed by atoms with E-state index in [0.717, 1.165) is 16.9 Å². The first-order valence-corrected chi connectivity index (χ1v) is 12.2. The average Bonchev–Trinajstić information content (AvgIpc) is 3.44. The van der Waals surface area contributed by atoms with Crippen LogP contribution in [0.5, 0.6) is 5.75 Å². The van der Waals surface area contributed by atoms with Gasteiger partial charge in [-0.3, -0.25) is 9.52 Å². The summed E-state index contributed by atoms with van der Waals surface area (Å²) >= 11 is 1.18. The maximum Gasteiger partial charge on any atom is 0.276 e. The average molecular weight is 484 g/mol. The van der Waals surface area contributed by atoms with Crippen LogP contribution in [0.3, 0.4) is 0 Å². The highest BCUT2D eigenvalue weighted by molar-refractivity contribution is 7.93. The molecule has 0 saturated heterocycles. The van der Waals surface area contributed by atoms with Crippen LogP contribution in [-0.4, -0.2) is 29.1 Å². The third-order valence-corrected chi connectivity index (χ3v) is 6.68. The van der Waals surface area contributed by atoms with Crippen LogP contribution in [0.25, 0.3) is 0 Å². The predicted molar refractivity (Wildman–Crippen MR) is 126 cm³/mol. The minimum Gasteiger partial charge on any atom is -0.471 e. The van der Waals surface area contributed by atoms with Crippen LogP contribution >= 0.6 is 11.3 Å². The van der Waals surface area contributed by atoms with Crippen molar-refractivity contribution in [3.63, 3.8) is 0 Å². The van der Waals surface area contributed by atoms with Gasteiger partial charge in [0.25, 0.3) is 15.9 Å². The van der Waals surface area contributed by atoms with Crippen molar-refractivity contribution < 1.29 is 17.9 Å². The van der Waals surface area contributed by atoms with Gasteiger partial charge >= 0.3 is 0 Å². The largest absolute Gasteiger partial charge is 0.471 e. The molecule has 0 bridgehead atoms. The summed E-state index contributed by atoms with van der Waals surface area (Å²) in [5.41, 5.74) is 2.85. The molecule has 4 aromatic rings. The maximum atomic E-state index is 12.5. The second-order valence-electron chi connectivity index (χ2n) is 7.26. The number of benzene rings is 2. The summed E-state index contributed by atoms with van der Waals surface area (Å²) in [6, 6.07) is 13.3. The minimum absolute atomic E-state index is 0.0588. The molecule has 0 atom stereocenters. The summed E-state index contributed by atoms with van der Waals surface area (Å²) in [5, 5.41) is 8.89. The summed E-state index contributed by atoms with van der Waals surface area (Å²) in [7, 11) is -3.76. The van der Waals surface area contributed by atoms with Gasteiger partial charge in [0, 0.05) is 23.5 Å². The zero-order valence-electron chi connectivity index (χ0n) is 17.8. The molecule has 0 aliphatic heterocycles. The van der Waals surface area contributed by atoms with Crippen LogP contribution in [0, 0.1) is 13.8 Å². The Labute approximate surface area is 195 Å². The molecule has 9 nitrogen and oxygen atoms in total. The molecule has 2 N–H and O–H groups in total. The van der Waals surface area contributed by atoms with E-state index in [2.05, 4.69) is 26.2 Å². The summed E-state index contributed by atoms with van der Waals surface area (Å²) in [6.07, 6.45) is 3.16. The van der Waals surface area contributed by atoms with Crippen LogP contribution in [0.2, 0.25) is 0 Å². The molecule has 170 valence electrons. The highest BCUT2D eigenvalue weighted by Gasteiger charge is 2.16. The van der Waals surface area contributed by atoms with Crippen molar-refractivity contribution >= 4 is 38.1 Å². The number of amides is 1. The third-order valence-electron chi connectivity index (χ3n) is 4.51. The number of sulfonamides is 1. The standard InChI is InChI=1S/C22H21N5O4S2/c1-15-11-16(2)13-18(12-15)31-14-27-9-7-20(25-27)21(28)24-17-3-5-19(6-4-17)33(29,30)26-22-23-8-10-32-22/h3-13H,14H2,1-2H3,(H,23,26)(H,24,28). The number of carbonyl (C=O) groups excluding carboxylic acids is 1. The number of aromatic nitrogens is 3. The molecule has 2 heterocycles. The van der Waals surface area contributed by atoms with Gasteiger partial charge in [-0.25, -0.2) is 18.1 Å². The molecular weight excluding hydrogens is 462 g/mol. The van der Waals surface area contributed by atoms with Gasteiger partial charge in [-0.2, -0.15) is 5.10 Å². The highest BCUT2D eigenvalue weighted by atomic mass is 32.2. The molecule has 0 aliphatic rings. The summed E-state index contributed by atoms with van der Waals surface area (Å²) < 4.78 is 34.5. The van der Waals surface area contributed by atoms with Crippen LogP contribution in [0.1, 0.15) is 21.6 Å². The molecule has 0 aliphatic carbocycles. The quantitative estimate of drug-likeness (QED) is 0.391. The van der Waals surface area contributed by atoms with Crippen LogP contribution in [0.4, 0.5) is 10.8 Å². The van der Waals surface area contributed by atoms with Crippen molar-refractivity contribution in [3.8, 4) is 5.75 Å². The number of thiazole rings is 1. The molecule has 4 rings (SSSR count). The number of ether oxygens (including phenoxy) is 1. The predicted octanol–water partition coefficient (Wildman–Crippen LogP) is 4.05. The smallest absolute Gasteiger partial charge is 0.276 e. The maximum absolute atomic E-state index is 12.5. The number of nitrogens with one attached hydrogen (secondary N) is 2. The lowest BCUT2D eigenvalue weighted by Gasteiger charge is -2.08. The molecule has 0 radical (unpaired) electrons. The fourth-order valence-corrected chi connectivity index (χ4v) is 4.86. The number of anilines is 2. The molecule has 1 amide bonds. The molecule has 2 aromatic heterocycles. The molecule has 33 heavy (non-hydrogen) atoms. The van der Waals surface area contributed by atoms with Gasteiger partial charge in [-0.05, 0) is 67.4 Å².